The third-order valence-electron chi connectivity index (χ3n) is 4.29. The third kappa shape index (κ3) is 2.88. The van der Waals surface area contributed by atoms with Crippen LogP contribution in [0.2, 0.25) is 0 Å². The number of fused-ring (bicyclic) bond motifs is 1. The maximum Gasteiger partial charge on any atom is 0.252 e. The Morgan fingerprint density at radius 3 is 2.86 bits per heavy atom. The van der Waals surface area contributed by atoms with E-state index in [0.29, 0.717) is 19.7 Å². The first-order valence-corrected chi connectivity index (χ1v) is 8.95. The van der Waals surface area contributed by atoms with Crippen molar-refractivity contribution in [2.45, 2.75) is 36.8 Å². The quantitative estimate of drug-likeness (QED) is 0.886. The predicted octanol–water partition coefficient (Wildman–Crippen LogP) is 0.658. The maximum absolute atomic E-state index is 12.4. The zero-order valence-electron chi connectivity index (χ0n) is 12.5. The lowest BCUT2D eigenvalue weighted by Gasteiger charge is -2.30. The molecule has 7 heteroatoms. The number of carbonyl (C=O) groups is 1. The number of hydrogen-bond acceptors (Lipinski definition) is 4. The van der Waals surface area contributed by atoms with Crippen LogP contribution in [0, 0.1) is 0 Å². The molecule has 2 aliphatic heterocycles. The number of sulfonamides is 1. The highest BCUT2D eigenvalue weighted by atomic mass is 32.2. The van der Waals surface area contributed by atoms with E-state index in [-0.39, 0.29) is 16.9 Å². The Morgan fingerprint density at radius 2 is 2.18 bits per heavy atom. The fourth-order valence-electron chi connectivity index (χ4n) is 2.98. The molecule has 1 unspecified atom stereocenters. The van der Waals surface area contributed by atoms with E-state index in [0.717, 1.165) is 30.4 Å². The molecule has 1 saturated heterocycles. The van der Waals surface area contributed by atoms with Crippen molar-refractivity contribution in [3.8, 4) is 0 Å². The van der Waals surface area contributed by atoms with Crippen LogP contribution in [-0.2, 0) is 32.5 Å². The van der Waals surface area contributed by atoms with Gasteiger partial charge in [0, 0.05) is 19.7 Å². The molecule has 0 aliphatic carbocycles. The Kier molecular flexibility index (Phi) is 4.20. The second-order valence-electron chi connectivity index (χ2n) is 5.65. The molecule has 1 N–H and O–H groups in total. The highest BCUT2D eigenvalue weighted by molar-refractivity contribution is 7.89. The molecule has 0 spiro atoms. The number of carbonyl (C=O) groups excluding carboxylic acids is 1. The molecule has 2 heterocycles. The highest BCUT2D eigenvalue weighted by Gasteiger charge is 2.30. The van der Waals surface area contributed by atoms with Crippen molar-refractivity contribution in [2.75, 3.05) is 20.2 Å². The molecule has 3 rings (SSSR count). The van der Waals surface area contributed by atoms with Gasteiger partial charge in [-0.2, -0.15) is 0 Å². The van der Waals surface area contributed by atoms with Crippen LogP contribution in [0.5, 0.6) is 0 Å². The molecule has 1 amide bonds. The maximum atomic E-state index is 12.4. The summed E-state index contributed by atoms with van der Waals surface area (Å²) < 4.78 is 31.6. The molecule has 1 fully saturated rings. The van der Waals surface area contributed by atoms with Gasteiger partial charge in [-0.1, -0.05) is 6.07 Å². The number of benzene rings is 1. The molecule has 1 atom stereocenters. The smallest absolute Gasteiger partial charge is 0.252 e. The number of amides is 1. The first kappa shape index (κ1) is 15.5. The van der Waals surface area contributed by atoms with E-state index in [4.69, 9.17) is 4.74 Å². The van der Waals surface area contributed by atoms with Crippen molar-refractivity contribution in [3.05, 3.63) is 29.3 Å². The summed E-state index contributed by atoms with van der Waals surface area (Å²) in [7, 11) is -2.07. The Labute approximate surface area is 130 Å². The van der Waals surface area contributed by atoms with Gasteiger partial charge in [0.25, 0.3) is 5.91 Å². The van der Waals surface area contributed by atoms with E-state index < -0.39 is 10.0 Å². The van der Waals surface area contributed by atoms with Gasteiger partial charge in [-0.25, -0.2) is 13.1 Å². The lowest BCUT2D eigenvalue weighted by atomic mass is 9.99. The Balaban J connectivity index is 1.82. The molecular formula is C15H20N2O4S. The number of rotatable bonds is 3. The minimum absolute atomic E-state index is 0.0185. The highest BCUT2D eigenvalue weighted by Crippen LogP contribution is 2.24. The van der Waals surface area contributed by atoms with Crippen molar-refractivity contribution in [1.82, 2.24) is 9.62 Å². The van der Waals surface area contributed by atoms with Crippen LogP contribution < -0.4 is 4.72 Å². The summed E-state index contributed by atoms with van der Waals surface area (Å²) in [5.74, 6) is 0.0185. The summed E-state index contributed by atoms with van der Waals surface area (Å²) >= 11 is 0. The van der Waals surface area contributed by atoms with E-state index >= 15 is 0 Å². The first-order valence-electron chi connectivity index (χ1n) is 7.47. The van der Waals surface area contributed by atoms with Crippen LogP contribution in [0.25, 0.3) is 0 Å². The van der Waals surface area contributed by atoms with Gasteiger partial charge in [0.15, 0.2) is 0 Å². The Bertz CT molecular complexity index is 681. The van der Waals surface area contributed by atoms with Crippen LogP contribution in [-0.4, -0.2) is 45.5 Å². The van der Waals surface area contributed by atoms with Crippen molar-refractivity contribution in [3.63, 3.8) is 0 Å². The minimum Gasteiger partial charge on any atom is -0.368 e. The van der Waals surface area contributed by atoms with Crippen LogP contribution in [0.4, 0.5) is 0 Å². The summed E-state index contributed by atoms with van der Waals surface area (Å²) in [6.07, 6.45) is 2.11. The van der Waals surface area contributed by atoms with Gasteiger partial charge >= 0.3 is 0 Å². The van der Waals surface area contributed by atoms with Crippen molar-refractivity contribution >= 4 is 15.9 Å². The Morgan fingerprint density at radius 1 is 1.36 bits per heavy atom. The van der Waals surface area contributed by atoms with Crippen LogP contribution in [0.15, 0.2) is 23.1 Å². The van der Waals surface area contributed by atoms with Crippen molar-refractivity contribution in [1.29, 1.82) is 0 Å². The summed E-state index contributed by atoms with van der Waals surface area (Å²) in [6, 6.07) is 5.12. The second-order valence-corrected chi connectivity index (χ2v) is 7.54. The van der Waals surface area contributed by atoms with Gasteiger partial charge in [-0.3, -0.25) is 4.79 Å². The molecule has 2 aliphatic rings. The summed E-state index contributed by atoms with van der Waals surface area (Å²) in [6.45, 7) is 1.75. The van der Waals surface area contributed by atoms with Gasteiger partial charge in [0.2, 0.25) is 10.0 Å². The van der Waals surface area contributed by atoms with E-state index in [2.05, 4.69) is 4.72 Å². The summed E-state index contributed by atoms with van der Waals surface area (Å²) in [5, 5.41) is 0. The van der Waals surface area contributed by atoms with E-state index in [9.17, 15) is 13.2 Å². The SMILES string of the molecule is CNS(=O)(=O)c1ccc2c(c1)CN(C(=O)C1CCCO1)CC2. The third-order valence-corrected chi connectivity index (χ3v) is 5.70. The normalized spacial score (nSPS) is 21.7. The van der Waals surface area contributed by atoms with Gasteiger partial charge in [-0.05, 0) is 49.6 Å². The molecule has 22 heavy (non-hydrogen) atoms. The van der Waals surface area contributed by atoms with E-state index in [1.54, 1.807) is 17.0 Å². The molecule has 1 aromatic carbocycles. The lowest BCUT2D eigenvalue weighted by molar-refractivity contribution is -0.141. The van der Waals surface area contributed by atoms with Crippen molar-refractivity contribution in [2.24, 2.45) is 0 Å². The number of ether oxygens (including phenoxy) is 1. The van der Waals surface area contributed by atoms with Gasteiger partial charge in [-0.15, -0.1) is 0 Å². The van der Waals surface area contributed by atoms with Crippen LogP contribution >= 0.6 is 0 Å². The summed E-state index contributed by atoms with van der Waals surface area (Å²) in [5.41, 5.74) is 2.00. The molecule has 0 radical (unpaired) electrons. The largest absolute Gasteiger partial charge is 0.368 e. The predicted molar refractivity (Wildman–Crippen MR) is 80.8 cm³/mol. The monoisotopic (exact) mass is 324 g/mol. The first-order chi connectivity index (χ1) is 10.5. The average molecular weight is 324 g/mol. The fourth-order valence-corrected chi connectivity index (χ4v) is 3.76. The zero-order valence-corrected chi connectivity index (χ0v) is 13.4. The number of nitrogens with zero attached hydrogens (tertiary/aromatic N) is 1. The van der Waals surface area contributed by atoms with Crippen molar-refractivity contribution < 1.29 is 17.9 Å². The van der Waals surface area contributed by atoms with E-state index in [1.807, 2.05) is 6.07 Å². The number of nitrogens with one attached hydrogen (secondary N) is 1. The molecule has 6 nitrogen and oxygen atoms in total. The molecule has 120 valence electrons. The van der Waals surface area contributed by atoms with Crippen LogP contribution in [0.1, 0.15) is 24.0 Å². The molecule has 0 bridgehead atoms. The van der Waals surface area contributed by atoms with E-state index in [1.165, 1.54) is 7.05 Å². The van der Waals surface area contributed by atoms with Gasteiger partial charge in [0.1, 0.15) is 6.10 Å². The fraction of sp³-hybridized carbons (Fsp3) is 0.533. The average Bonchev–Trinajstić information content (AvgIpc) is 3.07. The number of hydrogen-bond donors (Lipinski definition) is 1. The van der Waals surface area contributed by atoms with Gasteiger partial charge < -0.3 is 9.64 Å². The van der Waals surface area contributed by atoms with Crippen LogP contribution in [0.3, 0.4) is 0 Å². The minimum atomic E-state index is -3.46. The lowest BCUT2D eigenvalue weighted by Crippen LogP contribution is -2.42. The Hall–Kier alpha value is -1.44. The summed E-state index contributed by atoms with van der Waals surface area (Å²) in [4.78, 5) is 14.4. The zero-order chi connectivity index (χ0) is 15.7. The molecular weight excluding hydrogens is 304 g/mol. The van der Waals surface area contributed by atoms with Gasteiger partial charge in [0.05, 0.1) is 4.90 Å². The molecule has 1 aromatic rings. The topological polar surface area (TPSA) is 75.7 Å². The second kappa shape index (κ2) is 5.98. The standard InChI is InChI=1S/C15H20N2O4S/c1-16-22(19,20)13-5-4-11-6-7-17(10-12(11)9-13)15(18)14-3-2-8-21-14/h4-5,9,14,16H,2-3,6-8,10H2,1H3. The molecule has 0 aromatic heterocycles. The molecule has 0 saturated carbocycles.